The highest BCUT2D eigenvalue weighted by Gasteiger charge is 2.46. The summed E-state index contributed by atoms with van der Waals surface area (Å²) in [6, 6.07) is 86.5. The third-order valence-corrected chi connectivity index (χ3v) is 13.7. The van der Waals surface area contributed by atoms with Crippen LogP contribution in [0.1, 0.15) is 22.3 Å². The minimum absolute atomic E-state index is 0.535. The minimum atomic E-state index is -0.535. The van der Waals surface area contributed by atoms with E-state index in [2.05, 4.69) is 256 Å². The first-order valence-corrected chi connectivity index (χ1v) is 22.6. The van der Waals surface area contributed by atoms with Gasteiger partial charge in [-0.1, -0.05) is 158 Å². The Morgan fingerprint density at radius 3 is 1.74 bits per heavy atom. The van der Waals surface area contributed by atoms with Gasteiger partial charge >= 0.3 is 0 Å². The number of rotatable bonds is 8. The topological polar surface area (TPSA) is 26.0 Å². The van der Waals surface area contributed by atoms with Crippen LogP contribution >= 0.6 is 0 Å². The molecule has 0 fully saturated rings. The molecule has 12 aromatic rings. The fourth-order valence-electron chi connectivity index (χ4n) is 10.9. The van der Waals surface area contributed by atoms with Crippen LogP contribution in [0.2, 0.25) is 0 Å². The normalized spacial score (nSPS) is 12.7. The number of para-hydroxylation sites is 2. The fraction of sp³-hybridized carbons (Fsp3) is 0.0161. The van der Waals surface area contributed by atoms with Gasteiger partial charge < -0.3 is 14.0 Å². The first kappa shape index (κ1) is 37.8. The monoisotopic (exact) mass is 842 g/mol. The zero-order valence-corrected chi connectivity index (χ0v) is 36.0. The van der Waals surface area contributed by atoms with E-state index in [9.17, 15) is 0 Å². The molecule has 3 aromatic heterocycles. The van der Waals surface area contributed by atoms with Crippen molar-refractivity contribution in [3.05, 3.63) is 277 Å². The Labute approximate surface area is 383 Å². The summed E-state index contributed by atoms with van der Waals surface area (Å²) >= 11 is 0. The van der Waals surface area contributed by atoms with Gasteiger partial charge in [-0.05, 0) is 123 Å². The number of anilines is 3. The molecular weight excluding hydrogens is 801 g/mol. The van der Waals surface area contributed by atoms with Gasteiger partial charge in [0.25, 0.3) is 0 Å². The Hall–Kier alpha value is -8.73. The Morgan fingerprint density at radius 1 is 0.409 bits per heavy atom. The summed E-state index contributed by atoms with van der Waals surface area (Å²) in [6.07, 6.45) is 5.96. The van der Waals surface area contributed by atoms with Crippen LogP contribution in [0, 0.1) is 0 Å². The van der Waals surface area contributed by atoms with Crippen LogP contribution in [0.25, 0.3) is 66.3 Å². The van der Waals surface area contributed by atoms with Gasteiger partial charge in [-0.25, -0.2) is 0 Å². The molecule has 66 heavy (non-hydrogen) atoms. The van der Waals surface area contributed by atoms with Crippen LogP contribution in [0.15, 0.2) is 255 Å². The number of fused-ring (bicyclic) bond motifs is 8. The summed E-state index contributed by atoms with van der Waals surface area (Å²) in [5, 5.41) is 3.58. The molecule has 3 heterocycles. The summed E-state index contributed by atoms with van der Waals surface area (Å²) in [4.78, 5) is 6.87. The van der Waals surface area contributed by atoms with Crippen LogP contribution < -0.4 is 4.90 Å². The van der Waals surface area contributed by atoms with Crippen molar-refractivity contribution in [1.29, 1.82) is 0 Å². The highest BCUT2D eigenvalue weighted by Crippen LogP contribution is 2.57. The number of aromatic nitrogens is 3. The first-order valence-electron chi connectivity index (χ1n) is 22.6. The van der Waals surface area contributed by atoms with Crippen LogP contribution in [-0.2, 0) is 5.41 Å². The van der Waals surface area contributed by atoms with E-state index in [4.69, 9.17) is 0 Å². The fourth-order valence-corrected chi connectivity index (χ4v) is 10.9. The molecule has 0 radical (unpaired) electrons. The van der Waals surface area contributed by atoms with Crippen molar-refractivity contribution in [2.45, 2.75) is 5.41 Å². The second-order valence-electron chi connectivity index (χ2n) is 17.2. The molecule has 0 aliphatic heterocycles. The molecule has 9 aromatic carbocycles. The van der Waals surface area contributed by atoms with Gasteiger partial charge in [0, 0.05) is 63.2 Å². The molecule has 0 bridgehead atoms. The van der Waals surface area contributed by atoms with E-state index in [1.54, 1.807) is 0 Å². The lowest BCUT2D eigenvalue weighted by Gasteiger charge is -2.35. The molecule has 0 amide bonds. The second kappa shape index (κ2) is 15.2. The van der Waals surface area contributed by atoms with Crippen molar-refractivity contribution < 1.29 is 0 Å². The molecule has 4 heteroatoms. The highest BCUT2D eigenvalue weighted by molar-refractivity contribution is 6.19. The molecule has 0 atom stereocenters. The zero-order chi connectivity index (χ0) is 43.6. The van der Waals surface area contributed by atoms with Gasteiger partial charge in [-0.3, -0.25) is 4.98 Å². The van der Waals surface area contributed by atoms with Crippen molar-refractivity contribution >= 4 is 49.8 Å². The lowest BCUT2D eigenvalue weighted by Crippen LogP contribution is -2.28. The highest BCUT2D eigenvalue weighted by atomic mass is 15.1. The van der Waals surface area contributed by atoms with Gasteiger partial charge in [0.1, 0.15) is 0 Å². The average molecular weight is 843 g/mol. The Bertz CT molecular complexity index is 3690. The van der Waals surface area contributed by atoms with Gasteiger partial charge in [0.15, 0.2) is 0 Å². The molecule has 1 aliphatic carbocycles. The molecule has 0 N–H and O–H groups in total. The molecule has 4 nitrogen and oxygen atoms in total. The summed E-state index contributed by atoms with van der Waals surface area (Å²) in [7, 11) is 0. The third kappa shape index (κ3) is 5.75. The standard InChI is InChI=1S/C62H42N4/c1-5-17-46(18-6-1)62(47-19-7-2-8-20-47)57-26-14-13-25-53(57)54-35-32-52(41-58(54)62)65(50-30-27-43(28-31-50)45-16-15-38-63-42-45)51-33-36-59-56(40-51)55-34-29-44-37-39-64(48-21-9-3-10-22-48)60(44)61(55)66(59)49-23-11-4-12-24-49/h1-42H. The van der Waals surface area contributed by atoms with Gasteiger partial charge in [-0.2, -0.15) is 0 Å². The summed E-state index contributed by atoms with van der Waals surface area (Å²) in [5.41, 5.74) is 18.2. The second-order valence-corrected chi connectivity index (χ2v) is 17.2. The van der Waals surface area contributed by atoms with E-state index in [0.29, 0.717) is 0 Å². The molecule has 0 unspecified atom stereocenters. The predicted octanol–water partition coefficient (Wildman–Crippen LogP) is 15.6. The van der Waals surface area contributed by atoms with E-state index in [-0.39, 0.29) is 0 Å². The molecule has 0 saturated heterocycles. The van der Waals surface area contributed by atoms with E-state index < -0.39 is 5.41 Å². The average Bonchev–Trinajstić information content (AvgIpc) is 4.07. The van der Waals surface area contributed by atoms with E-state index in [1.807, 2.05) is 18.5 Å². The lowest BCUT2D eigenvalue weighted by molar-refractivity contribution is 0.768. The van der Waals surface area contributed by atoms with Crippen molar-refractivity contribution in [2.24, 2.45) is 0 Å². The maximum absolute atomic E-state index is 4.43. The molecule has 1 aliphatic rings. The quantitative estimate of drug-likeness (QED) is 0.152. The molecule has 0 spiro atoms. The van der Waals surface area contributed by atoms with Gasteiger partial charge in [0.05, 0.1) is 22.0 Å². The third-order valence-electron chi connectivity index (χ3n) is 13.7. The van der Waals surface area contributed by atoms with E-state index >= 15 is 0 Å². The Balaban J connectivity index is 1.08. The van der Waals surface area contributed by atoms with Crippen molar-refractivity contribution in [2.75, 3.05) is 4.90 Å². The maximum Gasteiger partial charge on any atom is 0.0788 e. The van der Waals surface area contributed by atoms with Crippen LogP contribution in [-0.4, -0.2) is 14.1 Å². The maximum atomic E-state index is 4.43. The van der Waals surface area contributed by atoms with Crippen LogP contribution in [0.3, 0.4) is 0 Å². The Kier molecular flexibility index (Phi) is 8.72. The zero-order valence-electron chi connectivity index (χ0n) is 36.0. The SMILES string of the molecule is c1ccc(-n2ccc3ccc4c5cc(N(c6ccc(-c7cccnc7)cc6)c6ccc7c(c6)C(c6ccccc6)(c6ccccc6)c6ccccc6-7)ccc5n(-c5ccccc5)c4c32)cc1. The van der Waals surface area contributed by atoms with Gasteiger partial charge in [0.2, 0.25) is 0 Å². The van der Waals surface area contributed by atoms with Crippen molar-refractivity contribution in [1.82, 2.24) is 14.1 Å². The largest absolute Gasteiger partial charge is 0.315 e. The van der Waals surface area contributed by atoms with Gasteiger partial charge in [-0.15, -0.1) is 0 Å². The minimum Gasteiger partial charge on any atom is -0.315 e. The predicted molar refractivity (Wildman–Crippen MR) is 273 cm³/mol. The molecule has 0 saturated carbocycles. The number of pyridine rings is 1. The van der Waals surface area contributed by atoms with E-state index in [1.165, 1.54) is 60.6 Å². The van der Waals surface area contributed by atoms with Crippen LogP contribution in [0.4, 0.5) is 17.1 Å². The van der Waals surface area contributed by atoms with Crippen molar-refractivity contribution in [3.63, 3.8) is 0 Å². The van der Waals surface area contributed by atoms with E-state index in [0.717, 1.165) is 45.1 Å². The summed E-state index contributed by atoms with van der Waals surface area (Å²) < 4.78 is 4.78. The van der Waals surface area contributed by atoms with Crippen LogP contribution in [0.5, 0.6) is 0 Å². The number of benzene rings is 9. The number of hydrogen-bond acceptors (Lipinski definition) is 2. The molecule has 310 valence electrons. The van der Waals surface area contributed by atoms with Crippen molar-refractivity contribution in [3.8, 4) is 33.6 Å². The summed E-state index contributed by atoms with van der Waals surface area (Å²) in [6.45, 7) is 0. The Morgan fingerprint density at radius 2 is 1.03 bits per heavy atom. The first-order chi connectivity index (χ1) is 32.8. The molecular formula is C62H42N4. The summed E-state index contributed by atoms with van der Waals surface area (Å²) in [5.74, 6) is 0. The number of nitrogens with zero attached hydrogens (tertiary/aromatic N) is 4. The lowest BCUT2D eigenvalue weighted by atomic mass is 9.67. The molecule has 13 rings (SSSR count). The number of hydrogen-bond donors (Lipinski definition) is 0. The smallest absolute Gasteiger partial charge is 0.0788 e.